The first-order valence-corrected chi connectivity index (χ1v) is 7.09. The van der Waals surface area contributed by atoms with Gasteiger partial charge in [0.2, 0.25) is 5.91 Å². The van der Waals surface area contributed by atoms with Gasteiger partial charge < -0.3 is 10.6 Å². The molecule has 20 heavy (non-hydrogen) atoms. The summed E-state index contributed by atoms with van der Waals surface area (Å²) in [5.41, 5.74) is 0.579. The van der Waals surface area contributed by atoms with Crippen molar-refractivity contribution in [2.45, 2.75) is 45.2 Å². The molecule has 1 aliphatic rings. The molecule has 108 valence electrons. The number of rotatable bonds is 4. The van der Waals surface area contributed by atoms with Gasteiger partial charge in [0, 0.05) is 30.0 Å². The van der Waals surface area contributed by atoms with Gasteiger partial charge in [0.05, 0.1) is 5.92 Å². The van der Waals surface area contributed by atoms with Gasteiger partial charge in [-0.1, -0.05) is 6.42 Å². The number of hydrogen-bond donors (Lipinski definition) is 2. The second-order valence-corrected chi connectivity index (χ2v) is 5.52. The van der Waals surface area contributed by atoms with Gasteiger partial charge in [-0.3, -0.25) is 14.6 Å². The van der Waals surface area contributed by atoms with Crippen molar-refractivity contribution in [3.8, 4) is 0 Å². The maximum Gasteiger partial charge on any atom is 0.251 e. The summed E-state index contributed by atoms with van der Waals surface area (Å²) < 4.78 is 0. The lowest BCUT2D eigenvalue weighted by Crippen LogP contribution is -2.45. The number of nitrogens with one attached hydrogen (secondary N) is 2. The SMILES string of the molecule is CC(C)NC(=O)[C@H]1CCC[C@H]1NC(=O)c1ccncc1. The average molecular weight is 275 g/mol. The molecule has 0 spiro atoms. The van der Waals surface area contributed by atoms with Crippen LogP contribution in [-0.4, -0.2) is 28.9 Å². The molecule has 0 aromatic carbocycles. The predicted octanol–water partition coefficient (Wildman–Crippen LogP) is 1.50. The Bertz CT molecular complexity index is 473. The van der Waals surface area contributed by atoms with E-state index in [1.807, 2.05) is 13.8 Å². The summed E-state index contributed by atoms with van der Waals surface area (Å²) >= 11 is 0. The Labute approximate surface area is 119 Å². The highest BCUT2D eigenvalue weighted by Gasteiger charge is 2.34. The van der Waals surface area contributed by atoms with Crippen LogP contribution in [0.2, 0.25) is 0 Å². The number of nitrogens with zero attached hydrogens (tertiary/aromatic N) is 1. The summed E-state index contributed by atoms with van der Waals surface area (Å²) in [5, 5.41) is 5.90. The Balaban J connectivity index is 1.98. The molecule has 5 heteroatoms. The van der Waals surface area contributed by atoms with Crippen molar-refractivity contribution in [3.63, 3.8) is 0 Å². The second kappa shape index (κ2) is 6.50. The molecule has 0 unspecified atom stereocenters. The van der Waals surface area contributed by atoms with Gasteiger partial charge in [-0.05, 0) is 38.8 Å². The number of hydrogen-bond acceptors (Lipinski definition) is 3. The molecule has 0 bridgehead atoms. The molecule has 1 saturated carbocycles. The number of carbonyl (C=O) groups excluding carboxylic acids is 2. The largest absolute Gasteiger partial charge is 0.354 e. The molecule has 2 rings (SSSR count). The van der Waals surface area contributed by atoms with Gasteiger partial charge >= 0.3 is 0 Å². The molecule has 1 aliphatic carbocycles. The fourth-order valence-electron chi connectivity index (χ4n) is 2.59. The van der Waals surface area contributed by atoms with E-state index in [0.717, 1.165) is 19.3 Å². The van der Waals surface area contributed by atoms with Crippen LogP contribution in [0.5, 0.6) is 0 Å². The third kappa shape index (κ3) is 3.56. The van der Waals surface area contributed by atoms with E-state index in [1.165, 1.54) is 0 Å². The van der Waals surface area contributed by atoms with Crippen LogP contribution >= 0.6 is 0 Å². The van der Waals surface area contributed by atoms with E-state index in [0.29, 0.717) is 5.56 Å². The molecule has 0 aliphatic heterocycles. The molecular weight excluding hydrogens is 254 g/mol. The minimum Gasteiger partial charge on any atom is -0.354 e. The fourth-order valence-corrected chi connectivity index (χ4v) is 2.59. The molecule has 1 heterocycles. The minimum atomic E-state index is -0.137. The van der Waals surface area contributed by atoms with Crippen LogP contribution in [0.4, 0.5) is 0 Å². The maximum atomic E-state index is 12.1. The first kappa shape index (κ1) is 14.5. The molecule has 0 radical (unpaired) electrons. The van der Waals surface area contributed by atoms with Crippen LogP contribution < -0.4 is 10.6 Å². The normalized spacial score (nSPS) is 21.8. The van der Waals surface area contributed by atoms with Crippen molar-refractivity contribution in [1.29, 1.82) is 0 Å². The molecule has 0 saturated heterocycles. The van der Waals surface area contributed by atoms with E-state index in [1.54, 1.807) is 24.5 Å². The highest BCUT2D eigenvalue weighted by Crippen LogP contribution is 2.26. The lowest BCUT2D eigenvalue weighted by molar-refractivity contribution is -0.125. The zero-order valence-electron chi connectivity index (χ0n) is 11.9. The molecule has 2 atom stereocenters. The van der Waals surface area contributed by atoms with Gasteiger partial charge in [0.25, 0.3) is 5.91 Å². The van der Waals surface area contributed by atoms with E-state index in [-0.39, 0.29) is 29.8 Å². The third-order valence-electron chi connectivity index (χ3n) is 3.54. The Hall–Kier alpha value is -1.91. The van der Waals surface area contributed by atoms with E-state index in [2.05, 4.69) is 15.6 Å². The van der Waals surface area contributed by atoms with Crippen LogP contribution in [0.1, 0.15) is 43.5 Å². The van der Waals surface area contributed by atoms with Crippen LogP contribution in [0.25, 0.3) is 0 Å². The number of carbonyl (C=O) groups is 2. The zero-order chi connectivity index (χ0) is 14.5. The minimum absolute atomic E-state index is 0.0394. The Morgan fingerprint density at radius 2 is 1.95 bits per heavy atom. The Kier molecular flexibility index (Phi) is 4.71. The number of pyridine rings is 1. The van der Waals surface area contributed by atoms with E-state index < -0.39 is 0 Å². The highest BCUT2D eigenvalue weighted by atomic mass is 16.2. The van der Waals surface area contributed by atoms with Crippen molar-refractivity contribution < 1.29 is 9.59 Å². The summed E-state index contributed by atoms with van der Waals surface area (Å²) in [6.07, 6.45) is 5.84. The van der Waals surface area contributed by atoms with E-state index in [9.17, 15) is 9.59 Å². The van der Waals surface area contributed by atoms with Gasteiger partial charge in [-0.2, -0.15) is 0 Å². The molecule has 5 nitrogen and oxygen atoms in total. The van der Waals surface area contributed by atoms with Crippen molar-refractivity contribution in [2.24, 2.45) is 5.92 Å². The second-order valence-electron chi connectivity index (χ2n) is 5.52. The molecule has 2 N–H and O–H groups in total. The van der Waals surface area contributed by atoms with Gasteiger partial charge in [-0.25, -0.2) is 0 Å². The third-order valence-corrected chi connectivity index (χ3v) is 3.54. The monoisotopic (exact) mass is 275 g/mol. The van der Waals surface area contributed by atoms with Crippen LogP contribution in [0, 0.1) is 5.92 Å². The topological polar surface area (TPSA) is 71.1 Å². The summed E-state index contributed by atoms with van der Waals surface area (Å²) in [7, 11) is 0. The van der Waals surface area contributed by atoms with Crippen LogP contribution in [0.15, 0.2) is 24.5 Å². The van der Waals surface area contributed by atoms with Gasteiger partial charge in [0.15, 0.2) is 0 Å². The van der Waals surface area contributed by atoms with Gasteiger partial charge in [-0.15, -0.1) is 0 Å². The van der Waals surface area contributed by atoms with E-state index in [4.69, 9.17) is 0 Å². The maximum absolute atomic E-state index is 12.1. The predicted molar refractivity (Wildman–Crippen MR) is 76.1 cm³/mol. The lowest BCUT2D eigenvalue weighted by Gasteiger charge is -2.21. The van der Waals surface area contributed by atoms with Crippen molar-refractivity contribution in [3.05, 3.63) is 30.1 Å². The zero-order valence-corrected chi connectivity index (χ0v) is 11.9. The lowest BCUT2D eigenvalue weighted by atomic mass is 10.0. The summed E-state index contributed by atoms with van der Waals surface area (Å²) in [6.45, 7) is 3.88. The van der Waals surface area contributed by atoms with E-state index >= 15 is 0 Å². The van der Waals surface area contributed by atoms with Crippen molar-refractivity contribution in [1.82, 2.24) is 15.6 Å². The summed E-state index contributed by atoms with van der Waals surface area (Å²) in [5.74, 6) is -0.220. The molecule has 1 aromatic rings. The summed E-state index contributed by atoms with van der Waals surface area (Å²) in [4.78, 5) is 28.1. The van der Waals surface area contributed by atoms with Gasteiger partial charge in [0.1, 0.15) is 0 Å². The van der Waals surface area contributed by atoms with Crippen LogP contribution in [-0.2, 0) is 4.79 Å². The van der Waals surface area contributed by atoms with Crippen LogP contribution in [0.3, 0.4) is 0 Å². The fraction of sp³-hybridized carbons (Fsp3) is 0.533. The van der Waals surface area contributed by atoms with Crippen molar-refractivity contribution >= 4 is 11.8 Å². The van der Waals surface area contributed by atoms with Crippen molar-refractivity contribution in [2.75, 3.05) is 0 Å². The average Bonchev–Trinajstić information content (AvgIpc) is 2.87. The highest BCUT2D eigenvalue weighted by molar-refractivity contribution is 5.94. The summed E-state index contributed by atoms with van der Waals surface area (Å²) in [6, 6.07) is 3.40. The molecule has 1 fully saturated rings. The Morgan fingerprint density at radius 3 is 2.60 bits per heavy atom. The number of aromatic nitrogens is 1. The number of amides is 2. The molecule has 2 amide bonds. The molecule has 1 aromatic heterocycles. The quantitative estimate of drug-likeness (QED) is 0.875. The first-order valence-electron chi connectivity index (χ1n) is 7.09. The molecular formula is C15H21N3O2. The Morgan fingerprint density at radius 1 is 1.25 bits per heavy atom. The first-order chi connectivity index (χ1) is 9.58. The standard InChI is InChI=1S/C15H21N3O2/c1-10(2)17-15(20)12-4-3-5-13(12)18-14(19)11-6-8-16-9-7-11/h6-10,12-13H,3-5H2,1-2H3,(H,17,20)(H,18,19)/t12-,13+/m0/s1. The smallest absolute Gasteiger partial charge is 0.251 e.